The predicted octanol–water partition coefficient (Wildman–Crippen LogP) is 9.67. The van der Waals surface area contributed by atoms with Crippen molar-refractivity contribution in [1.29, 1.82) is 0 Å². The van der Waals surface area contributed by atoms with Crippen LogP contribution in [0.2, 0.25) is 0 Å². The van der Waals surface area contributed by atoms with E-state index in [-0.39, 0.29) is 43.1 Å². The van der Waals surface area contributed by atoms with Crippen LogP contribution in [0.3, 0.4) is 0 Å². The number of fused-ring (bicyclic) bond motifs is 5. The highest BCUT2D eigenvalue weighted by molar-refractivity contribution is 5.41. The van der Waals surface area contributed by atoms with Crippen molar-refractivity contribution in [3.8, 4) is 11.5 Å². The number of benzene rings is 2. The summed E-state index contributed by atoms with van der Waals surface area (Å²) in [6.45, 7) is 2.52. The summed E-state index contributed by atoms with van der Waals surface area (Å²) in [5.41, 5.74) is -3.55. The summed E-state index contributed by atoms with van der Waals surface area (Å²) in [5.74, 6) is 1.74. The molecule has 5 atom stereocenters. The molecule has 2 fully saturated rings. The van der Waals surface area contributed by atoms with Crippen molar-refractivity contribution >= 4 is 0 Å². The van der Waals surface area contributed by atoms with Crippen LogP contribution >= 0.6 is 0 Å². The van der Waals surface area contributed by atoms with E-state index in [1.807, 2.05) is 12.1 Å². The molecule has 14 heteroatoms. The van der Waals surface area contributed by atoms with E-state index in [9.17, 15) is 43.9 Å². The molecule has 0 aliphatic heterocycles. The Morgan fingerprint density at radius 1 is 0.750 bits per heavy atom. The molecule has 0 N–H and O–H groups in total. The Labute approximate surface area is 272 Å². The van der Waals surface area contributed by atoms with Crippen LogP contribution in [-0.2, 0) is 15.9 Å². The molecule has 0 unspecified atom stereocenters. The van der Waals surface area contributed by atoms with Gasteiger partial charge in [0.25, 0.3) is 0 Å². The first-order chi connectivity index (χ1) is 22.4. The normalized spacial score (nSPS) is 26.1. The van der Waals surface area contributed by atoms with Gasteiger partial charge in [0.1, 0.15) is 30.5 Å². The summed E-state index contributed by atoms with van der Waals surface area (Å²) in [6.07, 6.45) is -16.3. The Balaban J connectivity index is 1.13. The van der Waals surface area contributed by atoms with Crippen LogP contribution in [-0.4, -0.2) is 56.7 Å². The molecule has 0 aromatic heterocycles. The highest BCUT2D eigenvalue weighted by Gasteiger charge is 2.85. The summed E-state index contributed by atoms with van der Waals surface area (Å²) in [4.78, 5) is 0. The maximum absolute atomic E-state index is 13.7. The lowest BCUT2D eigenvalue weighted by Gasteiger charge is -2.50. The van der Waals surface area contributed by atoms with Crippen LogP contribution in [0.15, 0.2) is 36.4 Å². The SMILES string of the molecule is Cc1ccc(OCCOc2ccc3c(c2)CC[C@@H]2[C@@H]3CC[C@]3(C)[C@@H](OCCCOC(C(F)(F)F)(C(F)(F)F)C(F)(F)F)CC[C@@H]23)cc1F. The van der Waals surface area contributed by atoms with Gasteiger partial charge in [-0.2, -0.15) is 39.5 Å². The monoisotopic (exact) mass is 700 g/mol. The highest BCUT2D eigenvalue weighted by Crippen LogP contribution is 2.62. The number of ether oxygens (including phenoxy) is 4. The second kappa shape index (κ2) is 13.5. The molecule has 5 rings (SSSR count). The van der Waals surface area contributed by atoms with Crippen molar-refractivity contribution < 1.29 is 62.9 Å². The van der Waals surface area contributed by atoms with Gasteiger partial charge < -0.3 is 18.9 Å². The molecule has 268 valence electrons. The standard InChI is InChI=1S/C34H38F10O4/c1-20-4-6-23(19-28(20)35)46-17-16-45-22-7-9-24-21(18-22)5-8-26-25(24)12-13-30(2)27(26)10-11-29(30)47-14-3-15-48-31(32(36,37)38,33(39,40)41)34(42,43)44/h4,6-7,9,18-19,25-27,29H,3,5,8,10-17H2,1-2H3/t25-,26-,27+,29+,30+/m1/s1. The Morgan fingerprint density at radius 2 is 1.38 bits per heavy atom. The van der Waals surface area contributed by atoms with Crippen molar-refractivity contribution in [3.63, 3.8) is 0 Å². The number of halogens is 10. The zero-order chi connectivity index (χ0) is 35.1. The van der Waals surface area contributed by atoms with Gasteiger partial charge in [0.2, 0.25) is 0 Å². The fourth-order valence-corrected chi connectivity index (χ4v) is 8.09. The molecule has 0 amide bonds. The van der Waals surface area contributed by atoms with Crippen molar-refractivity contribution in [2.75, 3.05) is 26.4 Å². The molecule has 0 bridgehead atoms. The van der Waals surface area contributed by atoms with E-state index < -0.39 is 37.2 Å². The third-order valence-electron chi connectivity index (χ3n) is 10.5. The average molecular weight is 701 g/mol. The van der Waals surface area contributed by atoms with E-state index >= 15 is 0 Å². The molecule has 0 saturated heterocycles. The molecular weight excluding hydrogens is 662 g/mol. The largest absolute Gasteiger partial charge is 0.490 e. The minimum atomic E-state index is -6.75. The smallest absolute Gasteiger partial charge is 0.435 e. The third-order valence-corrected chi connectivity index (χ3v) is 10.5. The minimum Gasteiger partial charge on any atom is -0.490 e. The molecule has 0 spiro atoms. The molecule has 3 aliphatic carbocycles. The molecular formula is C34H38F10O4. The molecule has 3 aliphatic rings. The fraction of sp³-hybridized carbons (Fsp3) is 0.647. The Bertz CT molecular complexity index is 1390. The van der Waals surface area contributed by atoms with Crippen LogP contribution in [0.5, 0.6) is 11.5 Å². The van der Waals surface area contributed by atoms with Gasteiger partial charge in [0, 0.05) is 12.7 Å². The molecule has 4 nitrogen and oxygen atoms in total. The van der Waals surface area contributed by atoms with Gasteiger partial charge in [-0.3, -0.25) is 0 Å². The Morgan fingerprint density at radius 3 is 2.00 bits per heavy atom. The van der Waals surface area contributed by atoms with Gasteiger partial charge in [-0.15, -0.1) is 0 Å². The van der Waals surface area contributed by atoms with Gasteiger partial charge in [-0.1, -0.05) is 19.1 Å². The van der Waals surface area contributed by atoms with E-state index in [4.69, 9.17) is 14.2 Å². The fourth-order valence-electron chi connectivity index (χ4n) is 8.09. The number of rotatable bonds is 11. The summed E-state index contributed by atoms with van der Waals surface area (Å²) in [7, 11) is 0. The van der Waals surface area contributed by atoms with Crippen LogP contribution in [0.1, 0.15) is 68.1 Å². The number of aryl methyl sites for hydroxylation is 2. The first kappa shape index (κ1) is 36.5. The van der Waals surface area contributed by atoms with Crippen LogP contribution in [0, 0.1) is 30.0 Å². The lowest BCUT2D eigenvalue weighted by molar-refractivity contribution is -0.457. The van der Waals surface area contributed by atoms with E-state index in [1.165, 1.54) is 17.2 Å². The zero-order valence-corrected chi connectivity index (χ0v) is 26.5. The van der Waals surface area contributed by atoms with Crippen molar-refractivity contribution in [2.24, 2.45) is 17.3 Å². The summed E-state index contributed by atoms with van der Waals surface area (Å²) < 4.78 is 153. The maximum atomic E-state index is 13.7. The van der Waals surface area contributed by atoms with Crippen LogP contribution in [0.25, 0.3) is 0 Å². The molecule has 0 radical (unpaired) electrons. The highest BCUT2D eigenvalue weighted by atomic mass is 19.4. The lowest BCUT2D eigenvalue weighted by atomic mass is 9.55. The number of alkyl halides is 9. The maximum Gasteiger partial charge on any atom is 0.435 e. The first-order valence-electron chi connectivity index (χ1n) is 16.0. The van der Waals surface area contributed by atoms with E-state index in [1.54, 1.807) is 19.1 Å². The van der Waals surface area contributed by atoms with E-state index in [0.717, 1.165) is 32.1 Å². The van der Waals surface area contributed by atoms with Crippen LogP contribution in [0.4, 0.5) is 43.9 Å². The van der Waals surface area contributed by atoms with E-state index in [2.05, 4.69) is 17.7 Å². The minimum absolute atomic E-state index is 0.246. The van der Waals surface area contributed by atoms with Gasteiger partial charge in [-0.05, 0) is 110 Å². The number of hydrogen-bond acceptors (Lipinski definition) is 4. The van der Waals surface area contributed by atoms with Crippen molar-refractivity contribution in [1.82, 2.24) is 0 Å². The summed E-state index contributed by atoms with van der Waals surface area (Å²) >= 11 is 0. The molecule has 2 aromatic carbocycles. The van der Waals surface area contributed by atoms with Gasteiger partial charge in [0.05, 0.1) is 12.7 Å². The van der Waals surface area contributed by atoms with Crippen molar-refractivity contribution in [2.45, 2.75) is 94.9 Å². The Hall–Kier alpha value is -2.74. The van der Waals surface area contributed by atoms with Gasteiger partial charge in [0.15, 0.2) is 0 Å². The third kappa shape index (κ3) is 6.84. The Kier molecular flexibility index (Phi) is 10.3. The quantitative estimate of drug-likeness (QED) is 0.173. The first-order valence-corrected chi connectivity index (χ1v) is 16.0. The topological polar surface area (TPSA) is 36.9 Å². The van der Waals surface area contributed by atoms with Gasteiger partial charge in [-0.25, -0.2) is 4.39 Å². The van der Waals surface area contributed by atoms with E-state index in [0.29, 0.717) is 35.3 Å². The molecule has 2 saturated carbocycles. The summed E-state index contributed by atoms with van der Waals surface area (Å²) in [6, 6.07) is 10.7. The zero-order valence-electron chi connectivity index (χ0n) is 26.5. The second-order valence-corrected chi connectivity index (χ2v) is 13.2. The summed E-state index contributed by atoms with van der Waals surface area (Å²) in [5, 5.41) is 0. The predicted molar refractivity (Wildman–Crippen MR) is 154 cm³/mol. The van der Waals surface area contributed by atoms with Gasteiger partial charge >= 0.3 is 24.1 Å². The number of hydrogen-bond donors (Lipinski definition) is 0. The molecule has 0 heterocycles. The molecule has 2 aromatic rings. The average Bonchev–Trinajstić information content (AvgIpc) is 3.32. The van der Waals surface area contributed by atoms with Crippen molar-refractivity contribution in [3.05, 3.63) is 58.9 Å². The lowest BCUT2D eigenvalue weighted by Crippen LogP contribution is -2.67. The second-order valence-electron chi connectivity index (χ2n) is 13.2. The molecule has 48 heavy (non-hydrogen) atoms. The van der Waals surface area contributed by atoms with Crippen LogP contribution < -0.4 is 9.47 Å².